The van der Waals surface area contributed by atoms with Crippen molar-refractivity contribution in [3.8, 4) is 28.6 Å². The van der Waals surface area contributed by atoms with Crippen molar-refractivity contribution < 1.29 is 19.0 Å². The summed E-state index contributed by atoms with van der Waals surface area (Å²) in [6, 6.07) is 14.9. The van der Waals surface area contributed by atoms with Crippen molar-refractivity contribution in [3.63, 3.8) is 0 Å². The van der Waals surface area contributed by atoms with Gasteiger partial charge in [-0.2, -0.15) is 0 Å². The summed E-state index contributed by atoms with van der Waals surface area (Å²) < 4.78 is 20.2. The van der Waals surface area contributed by atoms with Crippen LogP contribution in [0.5, 0.6) is 17.2 Å². The Kier molecular flexibility index (Phi) is 4.62. The van der Waals surface area contributed by atoms with E-state index in [1.807, 2.05) is 54.8 Å². The molecule has 0 saturated heterocycles. The minimum atomic E-state index is -0.104. The van der Waals surface area contributed by atoms with Crippen LogP contribution in [0, 0.1) is 13.8 Å². The predicted octanol–water partition coefficient (Wildman–Crippen LogP) is 3.06. The molecule has 0 radical (unpaired) electrons. The van der Waals surface area contributed by atoms with Crippen LogP contribution in [-0.4, -0.2) is 44.0 Å². The molecule has 0 aliphatic carbocycles. The van der Waals surface area contributed by atoms with E-state index >= 15 is 0 Å². The molecule has 31 heavy (non-hydrogen) atoms. The van der Waals surface area contributed by atoms with Crippen LogP contribution in [0.1, 0.15) is 21.7 Å². The zero-order valence-electron chi connectivity index (χ0n) is 17.0. The molecule has 0 spiro atoms. The molecule has 5 rings (SSSR count). The number of Topliss-reactive ketones (excluding diaryl/α,β-unsaturated/α-hetero) is 1. The van der Waals surface area contributed by atoms with Gasteiger partial charge in [0.15, 0.2) is 18.1 Å². The molecule has 0 saturated carbocycles. The normalized spacial score (nSPS) is 12.2. The number of aryl methyl sites for hydroxylation is 1. The zero-order valence-corrected chi connectivity index (χ0v) is 17.0. The summed E-state index contributed by atoms with van der Waals surface area (Å²) in [6.45, 7) is 4.02. The number of ether oxygens (including phenoxy) is 3. The Morgan fingerprint density at radius 1 is 1.06 bits per heavy atom. The van der Waals surface area contributed by atoms with Gasteiger partial charge in [-0.05, 0) is 54.6 Å². The van der Waals surface area contributed by atoms with Gasteiger partial charge in [0, 0.05) is 34.8 Å². The molecular formula is C22H19N5O4. The summed E-state index contributed by atoms with van der Waals surface area (Å²) in [5.74, 6) is 1.88. The summed E-state index contributed by atoms with van der Waals surface area (Å²) in [6.07, 6.45) is 1.50. The van der Waals surface area contributed by atoms with Crippen molar-refractivity contribution in [2.45, 2.75) is 13.8 Å². The number of hydrogen-bond donors (Lipinski definition) is 0. The largest absolute Gasteiger partial charge is 0.485 e. The highest BCUT2D eigenvalue weighted by atomic mass is 16.7. The van der Waals surface area contributed by atoms with Gasteiger partial charge in [-0.1, -0.05) is 6.07 Å². The molecule has 9 nitrogen and oxygen atoms in total. The van der Waals surface area contributed by atoms with E-state index in [0.717, 1.165) is 28.5 Å². The Labute approximate surface area is 177 Å². The van der Waals surface area contributed by atoms with Gasteiger partial charge in [0.05, 0.1) is 5.69 Å². The van der Waals surface area contributed by atoms with E-state index in [0.29, 0.717) is 17.1 Å². The third-order valence-corrected chi connectivity index (χ3v) is 5.15. The number of nitrogens with zero attached hydrogens (tertiary/aromatic N) is 5. The summed E-state index contributed by atoms with van der Waals surface area (Å²) in [7, 11) is 0. The van der Waals surface area contributed by atoms with Crippen molar-refractivity contribution in [1.29, 1.82) is 0 Å². The van der Waals surface area contributed by atoms with E-state index in [-0.39, 0.29) is 19.2 Å². The van der Waals surface area contributed by atoms with E-state index < -0.39 is 0 Å². The quantitative estimate of drug-likeness (QED) is 0.445. The molecule has 1 aliphatic rings. The number of fused-ring (bicyclic) bond motifs is 1. The lowest BCUT2D eigenvalue weighted by molar-refractivity contribution is 0.0921. The molecule has 0 N–H and O–H groups in total. The second-order valence-corrected chi connectivity index (χ2v) is 7.12. The summed E-state index contributed by atoms with van der Waals surface area (Å²) >= 11 is 0. The van der Waals surface area contributed by atoms with Crippen LogP contribution in [0.25, 0.3) is 11.4 Å². The minimum Gasteiger partial charge on any atom is -0.485 e. The Bertz CT molecular complexity index is 1260. The number of aromatic nitrogens is 5. The summed E-state index contributed by atoms with van der Waals surface area (Å²) in [5.41, 5.74) is 4.06. The lowest BCUT2D eigenvalue weighted by Crippen LogP contribution is -2.13. The first kappa shape index (κ1) is 18.9. The van der Waals surface area contributed by atoms with Crippen molar-refractivity contribution in [1.82, 2.24) is 24.8 Å². The van der Waals surface area contributed by atoms with Gasteiger partial charge in [-0.25, -0.2) is 4.68 Å². The number of hydrogen-bond acceptors (Lipinski definition) is 7. The number of tetrazole rings is 1. The average Bonchev–Trinajstić information content (AvgIpc) is 3.52. The van der Waals surface area contributed by atoms with E-state index in [1.54, 1.807) is 12.1 Å². The molecule has 0 amide bonds. The van der Waals surface area contributed by atoms with E-state index in [2.05, 4.69) is 15.5 Å². The topological polar surface area (TPSA) is 93.3 Å². The molecule has 4 aromatic rings. The molecule has 1 aliphatic heterocycles. The summed E-state index contributed by atoms with van der Waals surface area (Å²) in [4.78, 5) is 12.9. The van der Waals surface area contributed by atoms with E-state index in [1.165, 1.54) is 11.0 Å². The van der Waals surface area contributed by atoms with Crippen LogP contribution in [0.4, 0.5) is 0 Å². The third kappa shape index (κ3) is 3.50. The number of ketones is 1. The number of benzene rings is 2. The van der Waals surface area contributed by atoms with Crippen molar-refractivity contribution >= 4 is 5.78 Å². The lowest BCUT2D eigenvalue weighted by Gasteiger charge is -2.11. The van der Waals surface area contributed by atoms with Gasteiger partial charge >= 0.3 is 0 Å². The Morgan fingerprint density at radius 3 is 2.77 bits per heavy atom. The average molecular weight is 417 g/mol. The molecule has 2 aromatic heterocycles. The fraction of sp³-hybridized carbons (Fsp3) is 0.182. The standard InChI is InChI=1S/C22H19N5O4/c1-14-8-19(15(2)27(14)17-6-7-21-22(10-17)31-13-30-21)20(28)11-29-18-5-3-4-16(9-18)26-12-23-24-25-26/h3-10,12H,11,13H2,1-2H3. The molecule has 0 unspecified atom stereocenters. The molecule has 0 bridgehead atoms. The molecular weight excluding hydrogens is 398 g/mol. The maximum atomic E-state index is 12.9. The monoisotopic (exact) mass is 417 g/mol. The van der Waals surface area contributed by atoms with E-state index in [9.17, 15) is 4.79 Å². The molecule has 156 valence electrons. The molecule has 9 heteroatoms. The second kappa shape index (κ2) is 7.60. The zero-order chi connectivity index (χ0) is 21.4. The van der Waals surface area contributed by atoms with E-state index in [4.69, 9.17) is 14.2 Å². The van der Waals surface area contributed by atoms with Gasteiger partial charge in [-0.3, -0.25) is 4.79 Å². The van der Waals surface area contributed by atoms with Crippen molar-refractivity contribution in [2.75, 3.05) is 13.4 Å². The van der Waals surface area contributed by atoms with Crippen LogP contribution >= 0.6 is 0 Å². The van der Waals surface area contributed by atoms with Crippen molar-refractivity contribution in [3.05, 3.63) is 71.8 Å². The Balaban J connectivity index is 1.35. The third-order valence-electron chi connectivity index (χ3n) is 5.15. The van der Waals surface area contributed by atoms with Crippen LogP contribution in [0.2, 0.25) is 0 Å². The van der Waals surface area contributed by atoms with Gasteiger partial charge in [0.2, 0.25) is 12.6 Å². The maximum absolute atomic E-state index is 12.9. The number of carbonyl (C=O) groups excluding carboxylic acids is 1. The van der Waals surface area contributed by atoms with Crippen LogP contribution in [0.15, 0.2) is 54.9 Å². The Morgan fingerprint density at radius 2 is 1.94 bits per heavy atom. The van der Waals surface area contributed by atoms with Gasteiger partial charge in [0.1, 0.15) is 12.1 Å². The Hall–Kier alpha value is -4.14. The van der Waals surface area contributed by atoms with Crippen molar-refractivity contribution in [2.24, 2.45) is 0 Å². The highest BCUT2D eigenvalue weighted by Crippen LogP contribution is 2.35. The van der Waals surface area contributed by atoms with Gasteiger partial charge < -0.3 is 18.8 Å². The molecule has 2 aromatic carbocycles. The van der Waals surface area contributed by atoms with Crippen LogP contribution in [0.3, 0.4) is 0 Å². The molecule has 0 atom stereocenters. The van der Waals surface area contributed by atoms with Gasteiger partial charge in [-0.15, -0.1) is 5.10 Å². The predicted molar refractivity (Wildman–Crippen MR) is 110 cm³/mol. The highest BCUT2D eigenvalue weighted by Gasteiger charge is 2.20. The first-order valence-electron chi connectivity index (χ1n) is 9.68. The summed E-state index contributed by atoms with van der Waals surface area (Å²) in [5, 5.41) is 11.1. The molecule has 3 heterocycles. The number of rotatable bonds is 6. The minimum absolute atomic E-state index is 0.0789. The SMILES string of the molecule is Cc1cc(C(=O)COc2cccc(-n3cnnn3)c2)c(C)n1-c1ccc2c(c1)OCO2. The highest BCUT2D eigenvalue weighted by molar-refractivity contribution is 5.98. The first-order chi connectivity index (χ1) is 15.1. The maximum Gasteiger partial charge on any atom is 0.231 e. The fourth-order valence-corrected chi connectivity index (χ4v) is 3.69. The number of carbonyl (C=O) groups is 1. The molecule has 0 fully saturated rings. The van der Waals surface area contributed by atoms with Crippen LogP contribution in [-0.2, 0) is 0 Å². The smallest absolute Gasteiger partial charge is 0.231 e. The van der Waals surface area contributed by atoms with Crippen LogP contribution < -0.4 is 14.2 Å². The lowest BCUT2D eigenvalue weighted by atomic mass is 10.1. The fourth-order valence-electron chi connectivity index (χ4n) is 3.69. The second-order valence-electron chi connectivity index (χ2n) is 7.12. The first-order valence-corrected chi connectivity index (χ1v) is 9.68. The van der Waals surface area contributed by atoms with Gasteiger partial charge in [0.25, 0.3) is 0 Å².